The third kappa shape index (κ3) is 5.30. The van der Waals surface area contributed by atoms with Crippen LogP contribution in [0.2, 0.25) is 0 Å². The van der Waals surface area contributed by atoms with Gasteiger partial charge in [0.1, 0.15) is 23.7 Å². The molecule has 0 unspecified atom stereocenters. The lowest BCUT2D eigenvalue weighted by Gasteiger charge is -2.19. The Morgan fingerprint density at radius 2 is 1.40 bits per heavy atom. The largest absolute Gasteiger partial charge is 0.477 e. The summed E-state index contributed by atoms with van der Waals surface area (Å²) in [6, 6.07) is 28.0. The molecule has 0 amide bonds. The molecular formula is C32H28F3N2O3+. The average Bonchev–Trinajstić information content (AvgIpc) is 2.91. The van der Waals surface area contributed by atoms with Gasteiger partial charge in [0.25, 0.3) is 5.65 Å². The Morgan fingerprint density at radius 3 is 1.98 bits per heavy atom. The highest BCUT2D eigenvalue weighted by Gasteiger charge is 2.44. The van der Waals surface area contributed by atoms with Crippen LogP contribution in [0, 0.1) is 0 Å². The van der Waals surface area contributed by atoms with Crippen molar-refractivity contribution in [2.24, 2.45) is 0 Å². The Morgan fingerprint density at radius 1 is 0.800 bits per heavy atom. The number of ether oxygens (including phenoxy) is 1. The van der Waals surface area contributed by atoms with Gasteiger partial charge in [-0.25, -0.2) is 4.79 Å². The first-order valence-corrected chi connectivity index (χ1v) is 12.7. The molecule has 0 spiro atoms. The summed E-state index contributed by atoms with van der Waals surface area (Å²) in [5, 5.41) is 10.8. The van der Waals surface area contributed by atoms with Gasteiger partial charge in [-0.3, -0.25) is 0 Å². The minimum absolute atomic E-state index is 0.0179. The molecule has 0 saturated carbocycles. The van der Waals surface area contributed by atoms with E-state index in [2.05, 4.69) is 20.8 Å². The standard InChI is InChI=1S/C32H27F3N2O3/c1-31(2,3)23-14-18-25(19-15-23)40-24-16-12-21(13-17-24)20-36-27-11-7-10-26(22-8-5-4-6-9-22)37(27)30(39)28(29(36)38)32(33,34)35/h4-19H,20H2,1-3H3/p+1. The molecule has 1 N–H and O–H groups in total. The van der Waals surface area contributed by atoms with Gasteiger partial charge in [0.05, 0.1) is 0 Å². The zero-order valence-electron chi connectivity index (χ0n) is 22.2. The smallest absolute Gasteiger partial charge is 0.431 e. The molecule has 40 heavy (non-hydrogen) atoms. The Kier molecular flexibility index (Phi) is 6.87. The molecule has 5 aromatic rings. The summed E-state index contributed by atoms with van der Waals surface area (Å²) in [5.74, 6) is 0.0735. The van der Waals surface area contributed by atoms with Crippen LogP contribution in [0.25, 0.3) is 16.9 Å². The highest BCUT2D eigenvalue weighted by molar-refractivity contribution is 5.62. The van der Waals surface area contributed by atoms with Crippen molar-refractivity contribution >= 4 is 5.65 Å². The number of hydrogen-bond acceptors (Lipinski definition) is 3. The second-order valence-electron chi connectivity index (χ2n) is 10.6. The predicted octanol–water partition coefficient (Wildman–Crippen LogP) is 7.12. The van der Waals surface area contributed by atoms with Gasteiger partial charge in [0.2, 0.25) is 5.56 Å². The molecule has 3 aromatic carbocycles. The number of rotatable bonds is 5. The molecule has 2 heterocycles. The third-order valence-corrected chi connectivity index (χ3v) is 6.72. The van der Waals surface area contributed by atoms with Crippen molar-refractivity contribution in [3.05, 3.63) is 124 Å². The van der Waals surface area contributed by atoms with Crippen LogP contribution < -0.4 is 14.9 Å². The van der Waals surface area contributed by atoms with Crippen molar-refractivity contribution in [3.8, 4) is 28.6 Å². The molecule has 0 aliphatic heterocycles. The van der Waals surface area contributed by atoms with Gasteiger partial charge in [-0.05, 0) is 52.9 Å². The number of hydrogen-bond donors (Lipinski definition) is 1. The fourth-order valence-electron chi connectivity index (χ4n) is 4.62. The summed E-state index contributed by atoms with van der Waals surface area (Å²) in [6.07, 6.45) is -5.06. The first-order chi connectivity index (χ1) is 18.9. The van der Waals surface area contributed by atoms with E-state index < -0.39 is 23.2 Å². The van der Waals surface area contributed by atoms with Gasteiger partial charge >= 0.3 is 17.6 Å². The molecule has 0 radical (unpaired) electrons. The van der Waals surface area contributed by atoms with Crippen LogP contribution in [0.5, 0.6) is 17.4 Å². The Hall–Kier alpha value is -4.59. The summed E-state index contributed by atoms with van der Waals surface area (Å²) < 4.78 is 50.1. The van der Waals surface area contributed by atoms with Crippen molar-refractivity contribution in [2.45, 2.75) is 38.9 Å². The highest BCUT2D eigenvalue weighted by Crippen LogP contribution is 2.33. The fourth-order valence-corrected chi connectivity index (χ4v) is 4.62. The Bertz CT molecular complexity index is 1720. The first kappa shape index (κ1) is 27.0. The minimum Gasteiger partial charge on any atom is -0.477 e. The van der Waals surface area contributed by atoms with Crippen LogP contribution in [0.4, 0.5) is 13.2 Å². The van der Waals surface area contributed by atoms with E-state index in [0.717, 1.165) is 8.97 Å². The topological polar surface area (TPSA) is 54.8 Å². The summed E-state index contributed by atoms with van der Waals surface area (Å²) >= 11 is 0. The van der Waals surface area contributed by atoms with E-state index in [1.807, 2.05) is 24.3 Å². The molecule has 2 aromatic heterocycles. The lowest BCUT2D eigenvalue weighted by molar-refractivity contribution is -0.673. The number of alkyl halides is 3. The van der Waals surface area contributed by atoms with Crippen LogP contribution in [0.15, 0.2) is 102 Å². The highest BCUT2D eigenvalue weighted by atomic mass is 19.4. The first-order valence-electron chi connectivity index (χ1n) is 12.7. The number of fused-ring (bicyclic) bond motifs is 1. The zero-order chi connectivity index (χ0) is 28.7. The lowest BCUT2D eigenvalue weighted by atomic mass is 9.87. The second kappa shape index (κ2) is 10.2. The summed E-state index contributed by atoms with van der Waals surface area (Å²) in [7, 11) is 0. The van der Waals surface area contributed by atoms with E-state index in [9.17, 15) is 23.1 Å². The van der Waals surface area contributed by atoms with Gasteiger partial charge in [-0.15, -0.1) is 0 Å². The minimum atomic E-state index is -5.06. The molecule has 5 nitrogen and oxygen atoms in total. The Balaban J connectivity index is 1.53. The monoisotopic (exact) mass is 545 g/mol. The van der Waals surface area contributed by atoms with Gasteiger partial charge < -0.3 is 9.84 Å². The fraction of sp³-hybridized carbons (Fsp3) is 0.188. The predicted molar refractivity (Wildman–Crippen MR) is 147 cm³/mol. The molecule has 0 fully saturated rings. The molecule has 0 aliphatic rings. The summed E-state index contributed by atoms with van der Waals surface area (Å²) in [4.78, 5) is 13.1. The number of nitrogens with zero attached hydrogens (tertiary/aromatic N) is 2. The van der Waals surface area contributed by atoms with E-state index in [0.29, 0.717) is 22.6 Å². The van der Waals surface area contributed by atoms with Gasteiger partial charge in [-0.1, -0.05) is 75.4 Å². The number of halogens is 3. The number of benzene rings is 3. The number of aromatic hydroxyl groups is 1. The van der Waals surface area contributed by atoms with Crippen molar-refractivity contribution in [1.29, 1.82) is 0 Å². The van der Waals surface area contributed by atoms with Crippen LogP contribution in [-0.4, -0.2) is 9.51 Å². The van der Waals surface area contributed by atoms with E-state index >= 15 is 0 Å². The summed E-state index contributed by atoms with van der Waals surface area (Å²) in [5.41, 5.74) is -0.185. The normalized spacial score (nSPS) is 12.1. The molecule has 8 heteroatoms. The maximum absolute atomic E-state index is 14.0. The van der Waals surface area contributed by atoms with Gasteiger partial charge in [-0.2, -0.15) is 22.1 Å². The number of aromatic nitrogens is 2. The van der Waals surface area contributed by atoms with Crippen molar-refractivity contribution < 1.29 is 27.6 Å². The molecule has 204 valence electrons. The van der Waals surface area contributed by atoms with Crippen LogP contribution in [0.3, 0.4) is 0 Å². The molecule has 0 saturated heterocycles. The Labute approximate surface area is 229 Å². The quantitative estimate of drug-likeness (QED) is 0.239. The molecule has 0 atom stereocenters. The van der Waals surface area contributed by atoms with Crippen LogP contribution in [-0.2, 0) is 18.1 Å². The van der Waals surface area contributed by atoms with E-state index in [-0.39, 0.29) is 23.3 Å². The zero-order valence-corrected chi connectivity index (χ0v) is 22.2. The van der Waals surface area contributed by atoms with Crippen molar-refractivity contribution in [2.75, 3.05) is 0 Å². The molecule has 5 rings (SSSR count). The van der Waals surface area contributed by atoms with E-state index in [4.69, 9.17) is 4.74 Å². The van der Waals surface area contributed by atoms with Gasteiger partial charge in [0, 0.05) is 11.6 Å². The van der Waals surface area contributed by atoms with Crippen molar-refractivity contribution in [3.63, 3.8) is 0 Å². The van der Waals surface area contributed by atoms with Crippen LogP contribution >= 0.6 is 0 Å². The summed E-state index contributed by atoms with van der Waals surface area (Å²) in [6.45, 7) is 6.27. The maximum Gasteiger partial charge on any atom is 0.431 e. The third-order valence-electron chi connectivity index (χ3n) is 6.72. The maximum atomic E-state index is 14.0. The number of pyridine rings is 1. The second-order valence-corrected chi connectivity index (χ2v) is 10.6. The van der Waals surface area contributed by atoms with Gasteiger partial charge in [0.15, 0.2) is 0 Å². The molecule has 0 aliphatic carbocycles. The van der Waals surface area contributed by atoms with Crippen LogP contribution in [0.1, 0.15) is 37.5 Å². The average molecular weight is 546 g/mol. The van der Waals surface area contributed by atoms with Crippen molar-refractivity contribution in [1.82, 2.24) is 4.40 Å². The lowest BCUT2D eigenvalue weighted by Crippen LogP contribution is -2.44. The molecular weight excluding hydrogens is 517 g/mol. The molecule has 0 bridgehead atoms. The van der Waals surface area contributed by atoms with E-state index in [1.165, 1.54) is 11.6 Å². The van der Waals surface area contributed by atoms with E-state index in [1.54, 1.807) is 66.7 Å². The SMILES string of the molecule is CC(C)(C)c1ccc(Oc2ccc(C[n+]3c(O)c(C(F)(F)F)c(=O)n4c(-c5ccccc5)cccc43)cc2)cc1.